The summed E-state index contributed by atoms with van der Waals surface area (Å²) in [6.07, 6.45) is 7.30. The number of pyridine rings is 1. The Hall–Kier alpha value is -1.42. The van der Waals surface area contributed by atoms with Crippen LogP contribution >= 0.6 is 0 Å². The van der Waals surface area contributed by atoms with Gasteiger partial charge in [0.15, 0.2) is 0 Å². The molecular weight excluding hydrogens is 226 g/mol. The van der Waals surface area contributed by atoms with Gasteiger partial charge in [0.1, 0.15) is 5.78 Å². The van der Waals surface area contributed by atoms with E-state index in [0.717, 1.165) is 24.8 Å². The Labute approximate surface area is 109 Å². The minimum atomic E-state index is 0.227. The fourth-order valence-corrected chi connectivity index (χ4v) is 2.04. The van der Waals surface area contributed by atoms with E-state index in [1.807, 2.05) is 0 Å². The first-order valence-corrected chi connectivity index (χ1v) is 6.57. The van der Waals surface area contributed by atoms with E-state index in [2.05, 4.69) is 11.9 Å². The maximum Gasteiger partial charge on any atom is 0.137 e. The number of nitrogens with two attached hydrogens (primary N) is 2. The first-order valence-electron chi connectivity index (χ1n) is 6.57. The van der Waals surface area contributed by atoms with E-state index in [1.165, 1.54) is 0 Å². The zero-order valence-electron chi connectivity index (χ0n) is 11.1. The molecule has 0 amide bonds. The van der Waals surface area contributed by atoms with Gasteiger partial charge in [0.25, 0.3) is 0 Å². The van der Waals surface area contributed by atoms with Gasteiger partial charge in [-0.2, -0.15) is 0 Å². The Morgan fingerprint density at radius 1 is 1.44 bits per heavy atom. The summed E-state index contributed by atoms with van der Waals surface area (Å²) >= 11 is 0. The number of hydrogen-bond acceptors (Lipinski definition) is 4. The van der Waals surface area contributed by atoms with Crippen LogP contribution in [0.15, 0.2) is 18.5 Å². The number of carbonyl (C=O) groups excluding carboxylic acids is 1. The average molecular weight is 249 g/mol. The van der Waals surface area contributed by atoms with Crippen molar-refractivity contribution in [3.63, 3.8) is 0 Å². The number of rotatable bonds is 8. The van der Waals surface area contributed by atoms with Crippen molar-refractivity contribution in [2.24, 2.45) is 11.7 Å². The van der Waals surface area contributed by atoms with E-state index in [9.17, 15) is 4.79 Å². The maximum absolute atomic E-state index is 11.9. The highest BCUT2D eigenvalue weighted by atomic mass is 16.1. The molecule has 0 aliphatic heterocycles. The Bertz CT molecular complexity index is 379. The van der Waals surface area contributed by atoms with Gasteiger partial charge in [-0.1, -0.05) is 13.3 Å². The standard InChI is InChI=1S/C14H23N3O/c1-2-11(5-7-15)3-4-13(18)9-12-10-17-8-6-14(12)16/h6,8,10-11H,2-5,7,9,15H2,1H3,(H2,16,17). The Kier molecular flexibility index (Phi) is 6.36. The summed E-state index contributed by atoms with van der Waals surface area (Å²) in [6.45, 7) is 2.84. The topological polar surface area (TPSA) is 82.0 Å². The molecule has 0 spiro atoms. The monoisotopic (exact) mass is 249 g/mol. The molecule has 1 aromatic rings. The van der Waals surface area contributed by atoms with Crippen LogP contribution in [0.4, 0.5) is 5.69 Å². The number of aromatic nitrogens is 1. The summed E-state index contributed by atoms with van der Waals surface area (Å²) in [4.78, 5) is 15.9. The molecule has 100 valence electrons. The van der Waals surface area contributed by atoms with Crippen LogP contribution in [0.5, 0.6) is 0 Å². The van der Waals surface area contributed by atoms with Gasteiger partial charge in [-0.3, -0.25) is 9.78 Å². The number of nitrogen functional groups attached to an aromatic ring is 1. The second-order valence-corrected chi connectivity index (χ2v) is 4.68. The zero-order chi connectivity index (χ0) is 13.4. The third-order valence-corrected chi connectivity index (χ3v) is 3.31. The molecule has 0 radical (unpaired) electrons. The Balaban J connectivity index is 2.40. The number of ketones is 1. The molecule has 1 heterocycles. The zero-order valence-corrected chi connectivity index (χ0v) is 11.1. The van der Waals surface area contributed by atoms with Crippen molar-refractivity contribution in [3.05, 3.63) is 24.0 Å². The number of anilines is 1. The van der Waals surface area contributed by atoms with Crippen LogP contribution < -0.4 is 11.5 Å². The van der Waals surface area contributed by atoms with Crippen LogP contribution in [0.2, 0.25) is 0 Å². The van der Waals surface area contributed by atoms with Crippen molar-refractivity contribution < 1.29 is 4.79 Å². The van der Waals surface area contributed by atoms with Gasteiger partial charge in [0.05, 0.1) is 0 Å². The van der Waals surface area contributed by atoms with Crippen molar-refractivity contribution in [3.8, 4) is 0 Å². The minimum absolute atomic E-state index is 0.227. The van der Waals surface area contributed by atoms with E-state index in [0.29, 0.717) is 31.0 Å². The van der Waals surface area contributed by atoms with Crippen LogP contribution in [-0.2, 0) is 11.2 Å². The van der Waals surface area contributed by atoms with Gasteiger partial charge in [-0.15, -0.1) is 0 Å². The van der Waals surface area contributed by atoms with Gasteiger partial charge < -0.3 is 11.5 Å². The van der Waals surface area contributed by atoms with E-state index >= 15 is 0 Å². The molecular formula is C14H23N3O. The van der Waals surface area contributed by atoms with Crippen molar-refractivity contribution in [1.29, 1.82) is 0 Å². The van der Waals surface area contributed by atoms with E-state index in [1.54, 1.807) is 18.5 Å². The molecule has 0 saturated heterocycles. The third kappa shape index (κ3) is 4.84. The van der Waals surface area contributed by atoms with Gasteiger partial charge in [-0.25, -0.2) is 0 Å². The largest absolute Gasteiger partial charge is 0.398 e. The lowest BCUT2D eigenvalue weighted by Gasteiger charge is -2.12. The molecule has 4 heteroatoms. The molecule has 0 aliphatic carbocycles. The molecule has 0 saturated carbocycles. The Morgan fingerprint density at radius 3 is 2.83 bits per heavy atom. The molecule has 4 nitrogen and oxygen atoms in total. The quantitative estimate of drug-likeness (QED) is 0.737. The number of nitrogens with zero attached hydrogens (tertiary/aromatic N) is 1. The van der Waals surface area contributed by atoms with Crippen molar-refractivity contribution in [1.82, 2.24) is 4.98 Å². The van der Waals surface area contributed by atoms with Crippen molar-refractivity contribution in [2.45, 2.75) is 39.0 Å². The van der Waals surface area contributed by atoms with Crippen LogP contribution in [-0.4, -0.2) is 17.3 Å². The molecule has 0 aromatic carbocycles. The minimum Gasteiger partial charge on any atom is -0.398 e. The summed E-state index contributed by atoms with van der Waals surface area (Å²) < 4.78 is 0. The number of hydrogen-bond donors (Lipinski definition) is 2. The second-order valence-electron chi connectivity index (χ2n) is 4.68. The molecule has 1 aromatic heterocycles. The first kappa shape index (κ1) is 14.6. The Morgan fingerprint density at radius 2 is 2.22 bits per heavy atom. The second kappa shape index (κ2) is 7.82. The molecule has 0 bridgehead atoms. The lowest BCUT2D eigenvalue weighted by Crippen LogP contribution is -2.11. The summed E-state index contributed by atoms with van der Waals surface area (Å²) in [5.74, 6) is 0.787. The molecule has 1 atom stereocenters. The van der Waals surface area contributed by atoms with Crippen molar-refractivity contribution >= 4 is 11.5 Å². The fraction of sp³-hybridized carbons (Fsp3) is 0.571. The third-order valence-electron chi connectivity index (χ3n) is 3.31. The molecule has 1 rings (SSSR count). The highest BCUT2D eigenvalue weighted by Crippen LogP contribution is 2.17. The molecule has 0 aliphatic rings. The summed E-state index contributed by atoms with van der Waals surface area (Å²) in [5.41, 5.74) is 12.8. The smallest absolute Gasteiger partial charge is 0.137 e. The van der Waals surface area contributed by atoms with Gasteiger partial charge in [0.2, 0.25) is 0 Å². The van der Waals surface area contributed by atoms with E-state index < -0.39 is 0 Å². The van der Waals surface area contributed by atoms with Crippen LogP contribution in [0, 0.1) is 5.92 Å². The van der Waals surface area contributed by atoms with E-state index in [4.69, 9.17) is 11.5 Å². The summed E-state index contributed by atoms with van der Waals surface area (Å²) in [5, 5.41) is 0. The highest BCUT2D eigenvalue weighted by Gasteiger charge is 2.10. The van der Waals surface area contributed by atoms with Crippen LogP contribution in [0.25, 0.3) is 0 Å². The van der Waals surface area contributed by atoms with E-state index in [-0.39, 0.29) is 5.78 Å². The van der Waals surface area contributed by atoms with Gasteiger partial charge in [-0.05, 0) is 31.4 Å². The lowest BCUT2D eigenvalue weighted by molar-refractivity contribution is -0.118. The predicted octanol–water partition coefficient (Wildman–Crippen LogP) is 1.93. The lowest BCUT2D eigenvalue weighted by atomic mass is 9.94. The van der Waals surface area contributed by atoms with Gasteiger partial charge in [0, 0.05) is 36.5 Å². The first-order chi connectivity index (χ1) is 8.67. The molecule has 4 N–H and O–H groups in total. The SMILES string of the molecule is CCC(CCN)CCC(=O)Cc1cnccc1N. The van der Waals surface area contributed by atoms with Crippen LogP contribution in [0.1, 0.15) is 38.2 Å². The molecule has 1 unspecified atom stereocenters. The highest BCUT2D eigenvalue weighted by molar-refractivity contribution is 5.82. The normalized spacial score (nSPS) is 12.3. The average Bonchev–Trinajstić information content (AvgIpc) is 2.37. The van der Waals surface area contributed by atoms with Crippen molar-refractivity contribution in [2.75, 3.05) is 12.3 Å². The summed E-state index contributed by atoms with van der Waals surface area (Å²) in [7, 11) is 0. The number of Topliss-reactive ketones (excluding diaryl/α,β-unsaturated/α-hetero) is 1. The van der Waals surface area contributed by atoms with Gasteiger partial charge >= 0.3 is 0 Å². The van der Waals surface area contributed by atoms with Crippen LogP contribution in [0.3, 0.4) is 0 Å². The predicted molar refractivity (Wildman–Crippen MR) is 74.0 cm³/mol. The fourth-order valence-electron chi connectivity index (χ4n) is 2.04. The molecule has 18 heavy (non-hydrogen) atoms. The summed E-state index contributed by atoms with van der Waals surface area (Å²) in [6, 6.07) is 1.73. The number of carbonyl (C=O) groups is 1. The molecule has 0 fully saturated rings. The maximum atomic E-state index is 11.9.